The van der Waals surface area contributed by atoms with Crippen LogP contribution < -0.4 is 9.73 Å². The molecule has 154 valence electrons. The maximum absolute atomic E-state index is 13.2. The molecule has 0 fully saturated rings. The van der Waals surface area contributed by atoms with Gasteiger partial charge in [-0.05, 0) is 37.3 Å². The number of halogens is 1. The topological polar surface area (TPSA) is 78.8 Å². The first-order valence-corrected chi connectivity index (χ1v) is 10.9. The lowest BCUT2D eigenvalue weighted by Gasteiger charge is -2.23. The molecular formula is C22H20ClN3O3S. The Morgan fingerprint density at radius 3 is 2.30 bits per heavy atom. The van der Waals surface area contributed by atoms with E-state index in [4.69, 9.17) is 11.6 Å². The lowest BCUT2D eigenvalue weighted by Crippen LogP contribution is -2.39. The highest BCUT2D eigenvalue weighted by atomic mass is 35.5. The molecule has 0 atom stereocenters. The van der Waals surface area contributed by atoms with Crippen molar-refractivity contribution < 1.29 is 13.2 Å². The molecule has 0 spiro atoms. The van der Waals surface area contributed by atoms with Gasteiger partial charge in [-0.3, -0.25) is 9.10 Å². The fourth-order valence-electron chi connectivity index (χ4n) is 2.67. The summed E-state index contributed by atoms with van der Waals surface area (Å²) in [6.07, 6.45) is 1.40. The van der Waals surface area contributed by atoms with Crippen molar-refractivity contribution in [1.29, 1.82) is 0 Å². The van der Waals surface area contributed by atoms with Gasteiger partial charge in [-0.25, -0.2) is 13.8 Å². The number of amides is 1. The molecule has 0 saturated carbocycles. The van der Waals surface area contributed by atoms with Crippen molar-refractivity contribution in [2.75, 3.05) is 10.8 Å². The van der Waals surface area contributed by atoms with Crippen LogP contribution in [0.2, 0.25) is 5.02 Å². The quantitative estimate of drug-likeness (QED) is 0.444. The summed E-state index contributed by atoms with van der Waals surface area (Å²) in [5, 5.41) is 4.37. The van der Waals surface area contributed by atoms with Gasteiger partial charge in [0.15, 0.2) is 0 Å². The van der Waals surface area contributed by atoms with E-state index in [1.165, 1.54) is 18.3 Å². The first kappa shape index (κ1) is 21.5. The van der Waals surface area contributed by atoms with Crippen LogP contribution in [-0.4, -0.2) is 27.1 Å². The SMILES string of the molecule is Cc1ccc(S(=O)(=O)N(CC(=O)N/N=C\c2ccccc2Cl)c2ccccc2)cc1. The number of rotatable bonds is 7. The molecule has 0 heterocycles. The van der Waals surface area contributed by atoms with Crippen molar-refractivity contribution in [3.05, 3.63) is 95.0 Å². The molecule has 3 rings (SSSR count). The van der Waals surface area contributed by atoms with E-state index in [1.54, 1.807) is 66.7 Å². The summed E-state index contributed by atoms with van der Waals surface area (Å²) in [5.74, 6) is -0.585. The number of hydrogen-bond acceptors (Lipinski definition) is 4. The van der Waals surface area contributed by atoms with Crippen molar-refractivity contribution >= 4 is 39.4 Å². The summed E-state index contributed by atoms with van der Waals surface area (Å²) in [7, 11) is -3.95. The second kappa shape index (κ2) is 9.56. The monoisotopic (exact) mass is 441 g/mol. The number of aryl methyl sites for hydroxylation is 1. The summed E-state index contributed by atoms with van der Waals surface area (Å²) >= 11 is 6.05. The largest absolute Gasteiger partial charge is 0.271 e. The number of para-hydroxylation sites is 1. The molecule has 1 amide bonds. The van der Waals surface area contributed by atoms with Crippen LogP contribution in [0.25, 0.3) is 0 Å². The van der Waals surface area contributed by atoms with Crippen molar-refractivity contribution in [2.24, 2.45) is 5.10 Å². The fourth-order valence-corrected chi connectivity index (χ4v) is 4.27. The van der Waals surface area contributed by atoms with E-state index in [2.05, 4.69) is 10.5 Å². The van der Waals surface area contributed by atoms with E-state index in [9.17, 15) is 13.2 Å². The van der Waals surface area contributed by atoms with Crippen LogP contribution in [0, 0.1) is 6.92 Å². The van der Waals surface area contributed by atoms with E-state index in [0.717, 1.165) is 9.87 Å². The minimum atomic E-state index is -3.95. The normalized spacial score (nSPS) is 11.4. The van der Waals surface area contributed by atoms with Crippen LogP contribution in [0.1, 0.15) is 11.1 Å². The van der Waals surface area contributed by atoms with E-state index in [0.29, 0.717) is 16.3 Å². The third-order valence-corrected chi connectivity index (χ3v) is 6.37. The summed E-state index contributed by atoms with van der Waals surface area (Å²) < 4.78 is 27.5. The highest BCUT2D eigenvalue weighted by Gasteiger charge is 2.27. The maximum atomic E-state index is 13.2. The van der Waals surface area contributed by atoms with E-state index in [1.807, 2.05) is 6.92 Å². The number of nitrogens with zero attached hydrogens (tertiary/aromatic N) is 2. The summed E-state index contributed by atoms with van der Waals surface area (Å²) in [6, 6.07) is 21.9. The van der Waals surface area contributed by atoms with Gasteiger partial charge in [0.05, 0.1) is 16.8 Å². The maximum Gasteiger partial charge on any atom is 0.264 e. The van der Waals surface area contributed by atoms with E-state index < -0.39 is 22.5 Å². The predicted molar refractivity (Wildman–Crippen MR) is 119 cm³/mol. The van der Waals surface area contributed by atoms with Gasteiger partial charge in [-0.1, -0.05) is 65.7 Å². The smallest absolute Gasteiger partial charge is 0.264 e. The Morgan fingerprint density at radius 2 is 1.63 bits per heavy atom. The van der Waals surface area contributed by atoms with E-state index >= 15 is 0 Å². The molecule has 3 aromatic carbocycles. The second-order valence-electron chi connectivity index (χ2n) is 6.47. The molecule has 0 aliphatic carbocycles. The standard InChI is InChI=1S/C22H20ClN3O3S/c1-17-11-13-20(14-12-17)30(28,29)26(19-8-3-2-4-9-19)16-22(27)25-24-15-18-7-5-6-10-21(18)23/h2-15H,16H2,1H3,(H,25,27)/b24-15-. The molecule has 0 unspecified atom stereocenters. The number of hydrogen-bond donors (Lipinski definition) is 1. The van der Waals surface area contributed by atoms with Gasteiger partial charge in [0.25, 0.3) is 15.9 Å². The van der Waals surface area contributed by atoms with Crippen molar-refractivity contribution in [3.63, 3.8) is 0 Å². The molecular weight excluding hydrogens is 422 g/mol. The first-order valence-electron chi connectivity index (χ1n) is 9.09. The van der Waals surface area contributed by atoms with Gasteiger partial charge in [0.2, 0.25) is 0 Å². The predicted octanol–water partition coefficient (Wildman–Crippen LogP) is 3.99. The molecule has 0 aliphatic heterocycles. The van der Waals surface area contributed by atoms with Crippen LogP contribution in [0.5, 0.6) is 0 Å². The Hall–Kier alpha value is -3.16. The number of benzene rings is 3. The van der Waals surface area contributed by atoms with Crippen molar-refractivity contribution in [1.82, 2.24) is 5.43 Å². The molecule has 0 bridgehead atoms. The van der Waals surface area contributed by atoms with Crippen LogP contribution in [0.3, 0.4) is 0 Å². The fraction of sp³-hybridized carbons (Fsp3) is 0.0909. The van der Waals surface area contributed by atoms with Crippen molar-refractivity contribution in [3.8, 4) is 0 Å². The zero-order valence-corrected chi connectivity index (χ0v) is 17.8. The van der Waals surface area contributed by atoms with Gasteiger partial charge >= 0.3 is 0 Å². The zero-order valence-electron chi connectivity index (χ0n) is 16.2. The molecule has 0 aromatic heterocycles. The number of hydrazone groups is 1. The summed E-state index contributed by atoms with van der Waals surface area (Å²) in [6.45, 7) is 1.44. The lowest BCUT2D eigenvalue weighted by atomic mass is 10.2. The molecule has 0 radical (unpaired) electrons. The Labute approximate surface area is 180 Å². The number of carbonyl (C=O) groups is 1. The van der Waals surface area contributed by atoms with Crippen molar-refractivity contribution in [2.45, 2.75) is 11.8 Å². The third kappa shape index (κ3) is 5.25. The van der Waals surface area contributed by atoms with Gasteiger partial charge in [-0.15, -0.1) is 0 Å². The number of sulfonamides is 1. The van der Waals surface area contributed by atoms with Gasteiger partial charge in [0, 0.05) is 10.6 Å². The zero-order chi connectivity index (χ0) is 21.6. The Morgan fingerprint density at radius 1 is 1.00 bits per heavy atom. The van der Waals surface area contributed by atoms with Gasteiger partial charge in [-0.2, -0.15) is 5.10 Å². The van der Waals surface area contributed by atoms with Crippen LogP contribution in [0.15, 0.2) is 88.9 Å². The highest BCUT2D eigenvalue weighted by molar-refractivity contribution is 7.92. The molecule has 6 nitrogen and oxygen atoms in total. The third-order valence-electron chi connectivity index (χ3n) is 4.24. The molecule has 1 N–H and O–H groups in total. The molecule has 0 aliphatic rings. The second-order valence-corrected chi connectivity index (χ2v) is 8.74. The number of nitrogens with one attached hydrogen (secondary N) is 1. The average Bonchev–Trinajstić information content (AvgIpc) is 2.74. The minimum absolute atomic E-state index is 0.101. The summed E-state index contributed by atoms with van der Waals surface area (Å²) in [5.41, 5.74) is 4.30. The number of anilines is 1. The molecule has 3 aromatic rings. The van der Waals surface area contributed by atoms with Crippen LogP contribution >= 0.6 is 11.6 Å². The lowest BCUT2D eigenvalue weighted by molar-refractivity contribution is -0.119. The molecule has 8 heteroatoms. The first-order chi connectivity index (χ1) is 14.4. The van der Waals surface area contributed by atoms with Gasteiger partial charge in [0.1, 0.15) is 6.54 Å². The summed E-state index contributed by atoms with van der Waals surface area (Å²) in [4.78, 5) is 12.6. The van der Waals surface area contributed by atoms with Gasteiger partial charge < -0.3 is 0 Å². The Balaban J connectivity index is 1.82. The number of carbonyl (C=O) groups excluding carboxylic acids is 1. The van der Waals surface area contributed by atoms with Crippen LogP contribution in [0.4, 0.5) is 5.69 Å². The Bertz CT molecular complexity index is 1150. The van der Waals surface area contributed by atoms with E-state index in [-0.39, 0.29) is 4.90 Å². The molecule has 30 heavy (non-hydrogen) atoms. The highest BCUT2D eigenvalue weighted by Crippen LogP contribution is 2.23. The Kier molecular flexibility index (Phi) is 6.87. The molecule has 0 saturated heterocycles. The van der Waals surface area contributed by atoms with Crippen LogP contribution in [-0.2, 0) is 14.8 Å². The average molecular weight is 442 g/mol. The minimum Gasteiger partial charge on any atom is -0.271 e.